The molecule has 0 radical (unpaired) electrons. The van der Waals surface area contributed by atoms with Crippen molar-refractivity contribution >= 4 is 24.1 Å². The highest BCUT2D eigenvalue weighted by Crippen LogP contribution is 2.36. The molecule has 2 unspecified atom stereocenters. The molecule has 0 aromatic heterocycles. The van der Waals surface area contributed by atoms with Crippen molar-refractivity contribution in [1.82, 2.24) is 0 Å². The Kier molecular flexibility index (Phi) is 10.7. The van der Waals surface area contributed by atoms with Crippen molar-refractivity contribution in [2.45, 2.75) is 73.0 Å². The standard InChI is InChI=1S/C25H37NO9/c1-13(2)22(29)33-17-10-9-16(11-18(17)34-23(30)14(3)4)19(20(26)21(27)28)15(5)12-32-24(31)35-25(6,7)8/h9-11,13-15,19-20H,12,26H2,1-8H3,(H,27,28)/t15?,19?,20-/m0/s1. The lowest BCUT2D eigenvalue weighted by atomic mass is 9.82. The number of esters is 2. The fourth-order valence-electron chi connectivity index (χ4n) is 2.97. The molecule has 0 spiro atoms. The summed E-state index contributed by atoms with van der Waals surface area (Å²) in [7, 11) is 0. The van der Waals surface area contributed by atoms with Gasteiger partial charge in [0.15, 0.2) is 11.5 Å². The van der Waals surface area contributed by atoms with Gasteiger partial charge in [-0.15, -0.1) is 0 Å². The molecule has 0 saturated carbocycles. The summed E-state index contributed by atoms with van der Waals surface area (Å²) in [6, 6.07) is 3.00. The highest BCUT2D eigenvalue weighted by atomic mass is 16.7. The van der Waals surface area contributed by atoms with E-state index < -0.39 is 59.4 Å². The zero-order chi connectivity index (χ0) is 27.1. The molecule has 196 valence electrons. The summed E-state index contributed by atoms with van der Waals surface area (Å²) in [5.41, 5.74) is 5.64. The molecule has 1 rings (SSSR count). The molecular weight excluding hydrogens is 458 g/mol. The van der Waals surface area contributed by atoms with E-state index >= 15 is 0 Å². The molecule has 10 heteroatoms. The zero-order valence-electron chi connectivity index (χ0n) is 21.6. The Morgan fingerprint density at radius 1 is 0.914 bits per heavy atom. The van der Waals surface area contributed by atoms with E-state index in [0.29, 0.717) is 5.56 Å². The Balaban J connectivity index is 3.35. The Labute approximate surface area is 206 Å². The molecule has 35 heavy (non-hydrogen) atoms. The van der Waals surface area contributed by atoms with Gasteiger partial charge in [-0.3, -0.25) is 14.4 Å². The summed E-state index contributed by atoms with van der Waals surface area (Å²) < 4.78 is 21.1. The Hall–Kier alpha value is -3.14. The number of benzene rings is 1. The van der Waals surface area contributed by atoms with Crippen molar-refractivity contribution in [3.63, 3.8) is 0 Å². The first-order valence-electron chi connectivity index (χ1n) is 11.4. The molecule has 0 saturated heterocycles. The van der Waals surface area contributed by atoms with E-state index in [4.69, 9.17) is 24.7 Å². The van der Waals surface area contributed by atoms with Crippen molar-refractivity contribution < 1.29 is 43.2 Å². The largest absolute Gasteiger partial charge is 0.508 e. The van der Waals surface area contributed by atoms with Gasteiger partial charge in [0.05, 0.1) is 18.4 Å². The lowest BCUT2D eigenvalue weighted by molar-refractivity contribution is -0.140. The summed E-state index contributed by atoms with van der Waals surface area (Å²) in [6.07, 6.45) is -0.894. The molecule has 0 fully saturated rings. The first kappa shape index (κ1) is 29.9. The van der Waals surface area contributed by atoms with Gasteiger partial charge in [-0.1, -0.05) is 40.7 Å². The monoisotopic (exact) mass is 495 g/mol. The van der Waals surface area contributed by atoms with Crippen LogP contribution in [0.25, 0.3) is 0 Å². The minimum absolute atomic E-state index is 0.0155. The third-order valence-electron chi connectivity index (χ3n) is 4.86. The molecule has 3 N–H and O–H groups in total. The number of hydrogen-bond acceptors (Lipinski definition) is 9. The van der Waals surface area contributed by atoms with Crippen molar-refractivity contribution in [3.8, 4) is 11.5 Å². The van der Waals surface area contributed by atoms with E-state index in [2.05, 4.69) is 0 Å². The van der Waals surface area contributed by atoms with Crippen LogP contribution in [0.2, 0.25) is 0 Å². The summed E-state index contributed by atoms with van der Waals surface area (Å²) in [5.74, 6) is -4.70. The van der Waals surface area contributed by atoms with Gasteiger partial charge in [-0.2, -0.15) is 0 Å². The van der Waals surface area contributed by atoms with Gasteiger partial charge in [0.25, 0.3) is 0 Å². The molecule has 0 bridgehead atoms. The second kappa shape index (κ2) is 12.5. The Bertz CT molecular complexity index is 918. The average Bonchev–Trinajstić information content (AvgIpc) is 2.72. The van der Waals surface area contributed by atoms with Gasteiger partial charge in [0.1, 0.15) is 11.6 Å². The van der Waals surface area contributed by atoms with Gasteiger partial charge < -0.3 is 29.8 Å². The maximum absolute atomic E-state index is 12.3. The van der Waals surface area contributed by atoms with E-state index in [1.165, 1.54) is 18.2 Å². The van der Waals surface area contributed by atoms with Crippen LogP contribution in [0.15, 0.2) is 18.2 Å². The third-order valence-corrected chi connectivity index (χ3v) is 4.86. The Morgan fingerprint density at radius 3 is 1.89 bits per heavy atom. The molecule has 10 nitrogen and oxygen atoms in total. The van der Waals surface area contributed by atoms with Crippen molar-refractivity contribution in [3.05, 3.63) is 23.8 Å². The van der Waals surface area contributed by atoms with Gasteiger partial charge in [-0.05, 0) is 44.4 Å². The molecule has 0 amide bonds. The van der Waals surface area contributed by atoms with E-state index in [-0.39, 0.29) is 18.1 Å². The fraction of sp³-hybridized carbons (Fsp3) is 0.600. The van der Waals surface area contributed by atoms with Gasteiger partial charge in [-0.25, -0.2) is 4.79 Å². The van der Waals surface area contributed by atoms with Crippen LogP contribution in [0, 0.1) is 17.8 Å². The molecule has 1 aromatic carbocycles. The lowest BCUT2D eigenvalue weighted by Gasteiger charge is -2.28. The number of nitrogens with two attached hydrogens (primary N) is 1. The second-order valence-corrected chi connectivity index (χ2v) is 10.0. The zero-order valence-corrected chi connectivity index (χ0v) is 21.6. The predicted octanol–water partition coefficient (Wildman–Crippen LogP) is 3.89. The summed E-state index contributed by atoms with van der Waals surface area (Å²) >= 11 is 0. The van der Waals surface area contributed by atoms with Gasteiger partial charge in [0, 0.05) is 5.92 Å². The van der Waals surface area contributed by atoms with Crippen LogP contribution in [-0.4, -0.2) is 47.4 Å². The summed E-state index contributed by atoms with van der Waals surface area (Å²) in [4.78, 5) is 48.2. The molecule has 1 aromatic rings. The lowest BCUT2D eigenvalue weighted by Crippen LogP contribution is -2.41. The van der Waals surface area contributed by atoms with Crippen molar-refractivity contribution in [2.24, 2.45) is 23.5 Å². The minimum Gasteiger partial charge on any atom is -0.480 e. The first-order valence-corrected chi connectivity index (χ1v) is 11.4. The molecule has 0 heterocycles. The SMILES string of the molecule is CC(C)C(=O)Oc1ccc(C(C(C)COC(=O)OC(C)(C)C)[C@H](N)C(=O)O)cc1OC(=O)C(C)C. The van der Waals surface area contributed by atoms with E-state index in [1.54, 1.807) is 55.4 Å². The molecule has 3 atom stereocenters. The number of ether oxygens (including phenoxy) is 4. The third kappa shape index (κ3) is 9.56. The van der Waals surface area contributed by atoms with Crippen LogP contribution in [-0.2, 0) is 23.9 Å². The van der Waals surface area contributed by atoms with Crippen LogP contribution in [0.3, 0.4) is 0 Å². The summed E-state index contributed by atoms with van der Waals surface area (Å²) in [6.45, 7) is 13.2. The first-order chi connectivity index (χ1) is 16.0. The van der Waals surface area contributed by atoms with Crippen LogP contribution in [0.4, 0.5) is 4.79 Å². The van der Waals surface area contributed by atoms with Crippen LogP contribution in [0.1, 0.15) is 66.9 Å². The van der Waals surface area contributed by atoms with E-state index in [0.717, 1.165) is 0 Å². The van der Waals surface area contributed by atoms with Crippen molar-refractivity contribution in [2.75, 3.05) is 6.61 Å². The van der Waals surface area contributed by atoms with Gasteiger partial charge in [0.2, 0.25) is 0 Å². The molecular formula is C25H37NO9. The number of carboxylic acid groups (broad SMARTS) is 1. The van der Waals surface area contributed by atoms with Crippen LogP contribution >= 0.6 is 0 Å². The Morgan fingerprint density at radius 2 is 1.43 bits per heavy atom. The van der Waals surface area contributed by atoms with Gasteiger partial charge >= 0.3 is 24.1 Å². The summed E-state index contributed by atoms with van der Waals surface area (Å²) in [5, 5.41) is 9.60. The van der Waals surface area contributed by atoms with E-state index in [9.17, 15) is 24.3 Å². The number of rotatable bonds is 10. The van der Waals surface area contributed by atoms with E-state index in [1.807, 2.05) is 0 Å². The average molecular weight is 496 g/mol. The fourth-order valence-corrected chi connectivity index (χ4v) is 2.97. The minimum atomic E-state index is -1.37. The quantitative estimate of drug-likeness (QED) is 0.361. The number of carbonyl (C=O) groups is 4. The number of hydrogen-bond donors (Lipinski definition) is 2. The smallest absolute Gasteiger partial charge is 0.480 e. The molecule has 0 aliphatic carbocycles. The predicted molar refractivity (Wildman–Crippen MR) is 127 cm³/mol. The highest BCUT2D eigenvalue weighted by Gasteiger charge is 2.33. The molecule has 0 aliphatic rings. The number of carbonyl (C=O) groups excluding carboxylic acids is 3. The maximum atomic E-state index is 12.3. The van der Waals surface area contributed by atoms with Crippen molar-refractivity contribution in [1.29, 1.82) is 0 Å². The second-order valence-electron chi connectivity index (χ2n) is 10.0. The topological polar surface area (TPSA) is 151 Å². The number of aliphatic carboxylic acids is 1. The normalized spacial score (nSPS) is 14.1. The molecule has 0 aliphatic heterocycles. The van der Waals surface area contributed by atoms with Crippen LogP contribution in [0.5, 0.6) is 11.5 Å². The maximum Gasteiger partial charge on any atom is 0.508 e. The highest BCUT2D eigenvalue weighted by molar-refractivity contribution is 5.78. The number of carboxylic acids is 1. The van der Waals surface area contributed by atoms with Crippen LogP contribution < -0.4 is 15.2 Å².